The second kappa shape index (κ2) is 18.2. The number of hydrogen-bond donors (Lipinski definition) is 2. The summed E-state index contributed by atoms with van der Waals surface area (Å²) in [5.41, 5.74) is 4.18. The van der Waals surface area contributed by atoms with Gasteiger partial charge in [0.25, 0.3) is 0 Å². The van der Waals surface area contributed by atoms with Crippen molar-refractivity contribution in [3.05, 3.63) is 115 Å². The van der Waals surface area contributed by atoms with Crippen LogP contribution in [0, 0.1) is 0 Å². The van der Waals surface area contributed by atoms with Crippen molar-refractivity contribution in [2.75, 3.05) is 26.4 Å². The molecule has 9 nitrogen and oxygen atoms in total. The second-order valence-corrected chi connectivity index (χ2v) is 12.2. The van der Waals surface area contributed by atoms with Gasteiger partial charge in [0.05, 0.1) is 37.6 Å². The van der Waals surface area contributed by atoms with Crippen LogP contribution in [0.4, 0.5) is 0 Å². The molecule has 4 unspecified atom stereocenters. The van der Waals surface area contributed by atoms with Gasteiger partial charge in [0.1, 0.15) is 36.2 Å². The van der Waals surface area contributed by atoms with Crippen LogP contribution >= 0.6 is 0 Å². The van der Waals surface area contributed by atoms with Gasteiger partial charge in [-0.05, 0) is 98.5 Å². The van der Waals surface area contributed by atoms with E-state index in [1.165, 1.54) is 0 Å². The fourth-order valence-electron chi connectivity index (χ4n) is 4.80. The van der Waals surface area contributed by atoms with Crippen LogP contribution in [-0.4, -0.2) is 66.0 Å². The molecule has 0 bridgehead atoms. The van der Waals surface area contributed by atoms with E-state index in [2.05, 4.69) is 4.98 Å². The number of hydrogen-bond acceptors (Lipinski definition) is 9. The summed E-state index contributed by atoms with van der Waals surface area (Å²) < 4.78 is 34.8. The Morgan fingerprint density at radius 3 is 1.08 bits per heavy atom. The second-order valence-electron chi connectivity index (χ2n) is 12.2. The normalized spacial score (nSPS) is 13.6. The van der Waals surface area contributed by atoms with Gasteiger partial charge in [-0.2, -0.15) is 4.98 Å². The van der Waals surface area contributed by atoms with E-state index in [0.29, 0.717) is 36.5 Å². The van der Waals surface area contributed by atoms with E-state index in [4.69, 9.17) is 28.4 Å². The molecule has 9 heteroatoms. The zero-order chi connectivity index (χ0) is 35.3. The molecule has 2 N–H and O–H groups in total. The molecule has 0 fully saturated rings. The molecule has 4 aromatic carbocycles. The molecule has 0 radical (unpaired) electrons. The van der Waals surface area contributed by atoms with E-state index in [1.807, 2.05) is 117 Å². The van der Waals surface area contributed by atoms with Crippen LogP contribution in [0.3, 0.4) is 0 Å². The Balaban J connectivity index is 1.10. The maximum absolute atomic E-state index is 9.36. The number of ether oxygens (including phenoxy) is 6. The lowest BCUT2D eigenvalue weighted by Gasteiger charge is -2.15. The van der Waals surface area contributed by atoms with E-state index < -0.39 is 12.2 Å². The Kier molecular flexibility index (Phi) is 13.2. The molecule has 50 heavy (non-hydrogen) atoms. The number of aliphatic hydroxyl groups is 2. The van der Waals surface area contributed by atoms with Gasteiger partial charge in [-0.3, -0.25) is 0 Å². The third-order valence-corrected chi connectivity index (χ3v) is 7.44. The highest BCUT2D eigenvalue weighted by molar-refractivity contribution is 5.66. The largest absolute Gasteiger partial charge is 0.491 e. The quantitative estimate of drug-likeness (QED) is 0.0945. The molecule has 5 aromatic rings. The Bertz CT molecular complexity index is 1600. The molecule has 0 saturated heterocycles. The van der Waals surface area contributed by atoms with Gasteiger partial charge in [0.2, 0.25) is 11.8 Å². The molecule has 1 heterocycles. The molecular weight excluding hydrogens is 634 g/mol. The van der Waals surface area contributed by atoms with Crippen molar-refractivity contribution in [2.45, 2.75) is 52.1 Å². The molecule has 4 atom stereocenters. The van der Waals surface area contributed by atoms with Crippen LogP contribution in [0.2, 0.25) is 0 Å². The van der Waals surface area contributed by atoms with Crippen molar-refractivity contribution in [1.82, 2.24) is 4.98 Å². The minimum Gasteiger partial charge on any atom is -0.491 e. The van der Waals surface area contributed by atoms with Crippen LogP contribution in [0.25, 0.3) is 22.3 Å². The fraction of sp³-hybridized carbons (Fsp3) is 0.293. The summed E-state index contributed by atoms with van der Waals surface area (Å²) in [7, 11) is 0. The highest BCUT2D eigenvalue weighted by Crippen LogP contribution is 2.30. The lowest BCUT2D eigenvalue weighted by atomic mass is 10.1. The first-order chi connectivity index (χ1) is 24.2. The van der Waals surface area contributed by atoms with Gasteiger partial charge in [0, 0.05) is 12.1 Å². The summed E-state index contributed by atoms with van der Waals surface area (Å²) in [5, 5.41) is 18.7. The van der Waals surface area contributed by atoms with Gasteiger partial charge in [-0.1, -0.05) is 54.6 Å². The van der Waals surface area contributed by atoms with Gasteiger partial charge >= 0.3 is 0 Å². The predicted molar refractivity (Wildman–Crippen MR) is 193 cm³/mol. The highest BCUT2D eigenvalue weighted by Gasteiger charge is 2.09. The maximum Gasteiger partial charge on any atom is 0.222 e. The third-order valence-electron chi connectivity index (χ3n) is 7.44. The minimum absolute atomic E-state index is 0.119. The number of benzene rings is 4. The first-order valence-corrected chi connectivity index (χ1v) is 16.8. The van der Waals surface area contributed by atoms with E-state index in [9.17, 15) is 10.2 Å². The number of rotatable bonds is 18. The van der Waals surface area contributed by atoms with E-state index in [1.54, 1.807) is 26.0 Å². The van der Waals surface area contributed by atoms with Crippen molar-refractivity contribution in [3.63, 3.8) is 0 Å². The Hall–Kier alpha value is -4.93. The molecule has 0 saturated carbocycles. The lowest BCUT2D eigenvalue weighted by Crippen LogP contribution is -2.22. The first-order valence-electron chi connectivity index (χ1n) is 16.8. The monoisotopic (exact) mass is 679 g/mol. The Labute approximate surface area is 294 Å². The van der Waals surface area contributed by atoms with Gasteiger partial charge in [-0.15, -0.1) is 0 Å². The molecule has 0 aliphatic rings. The van der Waals surface area contributed by atoms with E-state index >= 15 is 0 Å². The first kappa shape index (κ1) is 36.4. The topological polar surface area (TPSA) is 109 Å². The molecular formula is C41H45NO8. The molecule has 262 valence electrons. The third kappa shape index (κ3) is 11.6. The minimum atomic E-state index is -0.498. The van der Waals surface area contributed by atoms with Crippen LogP contribution in [0.1, 0.15) is 27.7 Å². The SMILES string of the molecule is CC(O)COC(C)COc1ccc(-c2ccc(Oc3cccc(Oc4ccc(-c5ccc(OCC(C)OCC(C)O)cc5)cc4)n3)cc2)cc1. The molecule has 1 aromatic heterocycles. The Morgan fingerprint density at radius 1 is 0.440 bits per heavy atom. The van der Waals surface area contributed by atoms with Crippen LogP contribution in [-0.2, 0) is 9.47 Å². The molecule has 0 spiro atoms. The predicted octanol–water partition coefficient (Wildman–Crippen LogP) is 8.33. The zero-order valence-corrected chi connectivity index (χ0v) is 28.9. The summed E-state index contributed by atoms with van der Waals surface area (Å²) in [5.74, 6) is 3.67. The van der Waals surface area contributed by atoms with Crippen molar-refractivity contribution in [2.24, 2.45) is 0 Å². The molecule has 5 rings (SSSR count). The zero-order valence-electron chi connectivity index (χ0n) is 28.9. The highest BCUT2D eigenvalue weighted by atomic mass is 16.5. The van der Waals surface area contributed by atoms with Crippen LogP contribution in [0.15, 0.2) is 115 Å². The van der Waals surface area contributed by atoms with Crippen molar-refractivity contribution >= 4 is 0 Å². The van der Waals surface area contributed by atoms with Crippen molar-refractivity contribution < 1.29 is 38.6 Å². The Morgan fingerprint density at radius 2 is 0.760 bits per heavy atom. The number of aromatic nitrogens is 1. The molecule has 0 aliphatic heterocycles. The summed E-state index contributed by atoms with van der Waals surface area (Å²) in [6.07, 6.45) is -1.23. The average Bonchev–Trinajstić information content (AvgIpc) is 3.12. The van der Waals surface area contributed by atoms with Crippen molar-refractivity contribution in [1.29, 1.82) is 0 Å². The van der Waals surface area contributed by atoms with E-state index in [-0.39, 0.29) is 25.4 Å². The molecule has 0 amide bonds. The summed E-state index contributed by atoms with van der Waals surface area (Å²) >= 11 is 0. The van der Waals surface area contributed by atoms with Gasteiger partial charge in [-0.25, -0.2) is 0 Å². The number of aliphatic hydroxyl groups excluding tert-OH is 2. The number of pyridine rings is 1. The lowest BCUT2D eigenvalue weighted by molar-refractivity contribution is -0.0132. The standard InChI is InChI=1S/C41H45NO8/c1-28(43)24-45-30(3)26-47-36-16-8-32(9-17-36)34-12-20-38(21-13-34)49-40-6-5-7-41(42-40)50-39-22-14-35(15-23-39)33-10-18-37(19-11-33)48-27-31(4)46-25-29(2)44/h5-23,28-31,43-44H,24-27H2,1-4H3. The van der Waals surface area contributed by atoms with Gasteiger partial charge in [0.15, 0.2) is 0 Å². The number of nitrogens with zero attached hydrogens (tertiary/aromatic N) is 1. The summed E-state index contributed by atoms with van der Waals surface area (Å²) in [6, 6.07) is 36.8. The van der Waals surface area contributed by atoms with Crippen molar-refractivity contribution in [3.8, 4) is 57.0 Å². The van der Waals surface area contributed by atoms with Gasteiger partial charge < -0.3 is 38.6 Å². The smallest absolute Gasteiger partial charge is 0.222 e. The fourth-order valence-corrected chi connectivity index (χ4v) is 4.80. The maximum atomic E-state index is 9.36. The summed E-state index contributed by atoms with van der Waals surface area (Å²) in [4.78, 5) is 4.53. The van der Waals surface area contributed by atoms with E-state index in [0.717, 1.165) is 33.8 Å². The summed E-state index contributed by atoms with van der Waals surface area (Å²) in [6.45, 7) is 8.60. The van der Waals surface area contributed by atoms with Crippen LogP contribution < -0.4 is 18.9 Å². The average molecular weight is 680 g/mol. The van der Waals surface area contributed by atoms with Crippen LogP contribution in [0.5, 0.6) is 34.8 Å². The molecule has 0 aliphatic carbocycles.